The number of nitrogens with zero attached hydrogens (tertiary/aromatic N) is 2. The third-order valence-corrected chi connectivity index (χ3v) is 7.49. The standard InChI is InChI=1S/C30H28N2O4S/c1-4-5-17-36-24-16-15-20-11-9-10-14-22(20)23(24)18-25-28(33)32-27(21-12-7-6-8-13-21)26(29(34)35-3)19(2)31-30(32)37-25/h6-16,18,27H,4-5,17H2,1-3H3. The Kier molecular flexibility index (Phi) is 7.06. The summed E-state index contributed by atoms with van der Waals surface area (Å²) in [7, 11) is 1.34. The Morgan fingerprint density at radius 2 is 1.84 bits per heavy atom. The number of carbonyl (C=O) groups is 1. The largest absolute Gasteiger partial charge is 0.493 e. The van der Waals surface area contributed by atoms with Gasteiger partial charge in [-0.15, -0.1) is 0 Å². The number of unbranched alkanes of at least 4 members (excludes halogenated alkanes) is 1. The van der Waals surface area contributed by atoms with Gasteiger partial charge in [-0.3, -0.25) is 9.36 Å². The van der Waals surface area contributed by atoms with Crippen LogP contribution < -0.4 is 19.6 Å². The van der Waals surface area contributed by atoms with Crippen molar-refractivity contribution in [3.05, 3.63) is 109 Å². The number of allylic oxidation sites excluding steroid dienone is 1. The Bertz CT molecular complexity index is 1680. The van der Waals surface area contributed by atoms with Crippen LogP contribution >= 0.6 is 11.3 Å². The minimum absolute atomic E-state index is 0.209. The maximum atomic E-state index is 13.9. The average molecular weight is 513 g/mol. The number of ether oxygens (including phenoxy) is 2. The predicted octanol–water partition coefficient (Wildman–Crippen LogP) is 4.74. The lowest BCUT2D eigenvalue weighted by Gasteiger charge is -2.24. The number of hydrogen-bond donors (Lipinski definition) is 0. The van der Waals surface area contributed by atoms with Gasteiger partial charge in [-0.2, -0.15) is 0 Å². The highest BCUT2D eigenvalue weighted by Gasteiger charge is 2.33. The van der Waals surface area contributed by atoms with Crippen LogP contribution in [0.2, 0.25) is 0 Å². The quantitative estimate of drug-likeness (QED) is 0.265. The minimum Gasteiger partial charge on any atom is -0.493 e. The summed E-state index contributed by atoms with van der Waals surface area (Å²) in [6, 6.07) is 21.0. The Balaban J connectivity index is 1.74. The van der Waals surface area contributed by atoms with Crippen LogP contribution in [0.15, 0.2) is 87.8 Å². The summed E-state index contributed by atoms with van der Waals surface area (Å²) in [5.74, 6) is 0.245. The molecule has 0 saturated heterocycles. The molecule has 1 aliphatic heterocycles. The molecule has 0 bridgehead atoms. The maximum absolute atomic E-state index is 13.9. The van der Waals surface area contributed by atoms with Crippen molar-refractivity contribution >= 4 is 34.2 Å². The molecule has 4 aromatic rings. The Morgan fingerprint density at radius 3 is 2.59 bits per heavy atom. The Labute approximate surface area is 218 Å². The molecule has 0 saturated carbocycles. The van der Waals surface area contributed by atoms with Crippen LogP contribution in [0.25, 0.3) is 16.8 Å². The van der Waals surface area contributed by atoms with Crippen molar-refractivity contribution in [2.75, 3.05) is 13.7 Å². The predicted molar refractivity (Wildman–Crippen MR) is 147 cm³/mol. The van der Waals surface area contributed by atoms with E-state index in [0.29, 0.717) is 27.2 Å². The van der Waals surface area contributed by atoms with Gasteiger partial charge in [0.25, 0.3) is 5.56 Å². The first kappa shape index (κ1) is 24.7. The molecule has 1 aromatic heterocycles. The third-order valence-electron chi connectivity index (χ3n) is 6.50. The smallest absolute Gasteiger partial charge is 0.338 e. The molecular formula is C30H28N2O4S. The molecule has 37 heavy (non-hydrogen) atoms. The zero-order valence-corrected chi connectivity index (χ0v) is 21.9. The molecule has 7 heteroatoms. The summed E-state index contributed by atoms with van der Waals surface area (Å²) < 4.78 is 13.4. The SMILES string of the molecule is CCCCOc1ccc2ccccc2c1C=c1sc2n(c1=O)C(c1ccccc1)C(C(=O)OC)=C(C)N=2. The number of methoxy groups -OCH3 is 1. The Morgan fingerprint density at radius 1 is 1.08 bits per heavy atom. The van der Waals surface area contributed by atoms with E-state index in [2.05, 4.69) is 11.9 Å². The molecule has 1 unspecified atom stereocenters. The normalized spacial score (nSPS) is 15.4. The zero-order chi connectivity index (χ0) is 25.9. The van der Waals surface area contributed by atoms with Gasteiger partial charge in [-0.05, 0) is 41.8 Å². The molecular weight excluding hydrogens is 484 g/mol. The fourth-order valence-electron chi connectivity index (χ4n) is 4.65. The van der Waals surface area contributed by atoms with Crippen molar-refractivity contribution in [1.29, 1.82) is 0 Å². The molecule has 188 valence electrons. The van der Waals surface area contributed by atoms with Gasteiger partial charge in [0.05, 0.1) is 35.6 Å². The van der Waals surface area contributed by atoms with Crippen LogP contribution in [-0.2, 0) is 9.53 Å². The van der Waals surface area contributed by atoms with Crippen molar-refractivity contribution < 1.29 is 14.3 Å². The highest BCUT2D eigenvalue weighted by atomic mass is 32.1. The number of esters is 1. The van der Waals surface area contributed by atoms with Crippen LogP contribution in [0.3, 0.4) is 0 Å². The van der Waals surface area contributed by atoms with E-state index in [0.717, 1.165) is 40.5 Å². The van der Waals surface area contributed by atoms with E-state index >= 15 is 0 Å². The summed E-state index contributed by atoms with van der Waals surface area (Å²) >= 11 is 1.31. The first-order chi connectivity index (χ1) is 18.0. The van der Waals surface area contributed by atoms with Gasteiger partial charge in [-0.1, -0.05) is 85.3 Å². The molecule has 2 heterocycles. The summed E-state index contributed by atoms with van der Waals surface area (Å²) in [6.07, 6.45) is 3.87. The highest BCUT2D eigenvalue weighted by Crippen LogP contribution is 2.31. The topological polar surface area (TPSA) is 69.9 Å². The number of thiazole rings is 1. The van der Waals surface area contributed by atoms with Crippen molar-refractivity contribution in [3.63, 3.8) is 0 Å². The number of fused-ring (bicyclic) bond motifs is 2. The van der Waals surface area contributed by atoms with Gasteiger partial charge in [0, 0.05) is 5.56 Å². The van der Waals surface area contributed by atoms with Crippen molar-refractivity contribution in [2.24, 2.45) is 4.99 Å². The van der Waals surface area contributed by atoms with Gasteiger partial charge in [0.1, 0.15) is 5.75 Å². The summed E-state index contributed by atoms with van der Waals surface area (Å²) in [6.45, 7) is 4.51. The molecule has 0 fully saturated rings. The first-order valence-corrected chi connectivity index (χ1v) is 13.2. The average Bonchev–Trinajstić information content (AvgIpc) is 3.23. The van der Waals surface area contributed by atoms with Gasteiger partial charge in [-0.25, -0.2) is 9.79 Å². The third kappa shape index (κ3) is 4.62. The molecule has 3 aromatic carbocycles. The summed E-state index contributed by atoms with van der Waals surface area (Å²) in [5.41, 5.74) is 2.38. The fraction of sp³-hybridized carbons (Fsp3) is 0.233. The molecule has 0 N–H and O–H groups in total. The van der Waals surface area contributed by atoms with Gasteiger partial charge in [0.15, 0.2) is 4.80 Å². The van der Waals surface area contributed by atoms with Crippen LogP contribution in [0.5, 0.6) is 5.75 Å². The molecule has 1 aliphatic rings. The second-order valence-corrected chi connectivity index (χ2v) is 9.89. The number of hydrogen-bond acceptors (Lipinski definition) is 6. The van der Waals surface area contributed by atoms with Gasteiger partial charge >= 0.3 is 5.97 Å². The zero-order valence-electron chi connectivity index (χ0n) is 21.1. The molecule has 0 aliphatic carbocycles. The fourth-order valence-corrected chi connectivity index (χ4v) is 5.68. The lowest BCUT2D eigenvalue weighted by Crippen LogP contribution is -2.39. The summed E-state index contributed by atoms with van der Waals surface area (Å²) in [4.78, 5) is 32.0. The van der Waals surface area contributed by atoms with Crippen LogP contribution in [0, 0.1) is 0 Å². The van der Waals surface area contributed by atoms with Crippen LogP contribution in [-0.4, -0.2) is 24.3 Å². The number of benzene rings is 3. The highest BCUT2D eigenvalue weighted by molar-refractivity contribution is 7.07. The van der Waals surface area contributed by atoms with Crippen molar-refractivity contribution in [3.8, 4) is 5.75 Å². The monoisotopic (exact) mass is 512 g/mol. The van der Waals surface area contributed by atoms with E-state index in [1.165, 1.54) is 18.4 Å². The van der Waals surface area contributed by atoms with Crippen molar-refractivity contribution in [2.45, 2.75) is 32.7 Å². The van der Waals surface area contributed by atoms with Gasteiger partial charge in [0.2, 0.25) is 0 Å². The molecule has 5 rings (SSSR count). The lowest BCUT2D eigenvalue weighted by atomic mass is 9.96. The number of rotatable bonds is 7. The number of aromatic nitrogens is 1. The van der Waals surface area contributed by atoms with Crippen LogP contribution in [0.4, 0.5) is 0 Å². The van der Waals surface area contributed by atoms with E-state index in [1.54, 1.807) is 11.5 Å². The van der Waals surface area contributed by atoms with E-state index < -0.39 is 12.0 Å². The molecule has 0 amide bonds. The number of carbonyl (C=O) groups excluding carboxylic acids is 1. The van der Waals surface area contributed by atoms with E-state index in [9.17, 15) is 9.59 Å². The molecule has 0 spiro atoms. The maximum Gasteiger partial charge on any atom is 0.338 e. The second-order valence-electron chi connectivity index (χ2n) is 8.88. The summed E-state index contributed by atoms with van der Waals surface area (Å²) in [5, 5.41) is 2.07. The van der Waals surface area contributed by atoms with E-state index in [4.69, 9.17) is 9.47 Å². The Hall–Kier alpha value is -3.97. The minimum atomic E-state index is -0.625. The lowest BCUT2D eigenvalue weighted by molar-refractivity contribution is -0.136. The molecule has 1 atom stereocenters. The van der Waals surface area contributed by atoms with Gasteiger partial charge < -0.3 is 9.47 Å². The molecule has 0 radical (unpaired) electrons. The van der Waals surface area contributed by atoms with E-state index in [-0.39, 0.29) is 5.56 Å². The van der Waals surface area contributed by atoms with Crippen LogP contribution in [0.1, 0.15) is 43.9 Å². The first-order valence-electron chi connectivity index (χ1n) is 12.3. The molecule has 6 nitrogen and oxygen atoms in total. The second kappa shape index (κ2) is 10.6. The van der Waals surface area contributed by atoms with E-state index in [1.807, 2.05) is 72.8 Å². The van der Waals surface area contributed by atoms with Crippen molar-refractivity contribution in [1.82, 2.24) is 4.57 Å².